The number of nitrogens with one attached hydrogen (secondary N) is 1. The standard InChI is InChI=1S/C16H24N2O2/c19-14-11-18-9-5-4-8-13(18)15(16(14)20)17-10-12-6-2-1-3-7-12/h1-3,6-7,13-17,19-20H,4-5,8-11H2/t13-,14+,15+,16-/m0/s1. The number of rotatable bonds is 3. The summed E-state index contributed by atoms with van der Waals surface area (Å²) < 4.78 is 0. The summed E-state index contributed by atoms with van der Waals surface area (Å²) in [5.74, 6) is 0. The molecule has 110 valence electrons. The van der Waals surface area contributed by atoms with Crippen LogP contribution in [0.4, 0.5) is 0 Å². The molecule has 0 bridgehead atoms. The van der Waals surface area contributed by atoms with Gasteiger partial charge in [-0.3, -0.25) is 4.90 Å². The zero-order chi connectivity index (χ0) is 13.9. The first kappa shape index (κ1) is 14.0. The van der Waals surface area contributed by atoms with Gasteiger partial charge in [-0.05, 0) is 24.9 Å². The third-order valence-corrected chi connectivity index (χ3v) is 4.65. The molecule has 3 N–H and O–H groups in total. The molecule has 2 aliphatic rings. The van der Waals surface area contributed by atoms with Gasteiger partial charge in [0.15, 0.2) is 0 Å². The van der Waals surface area contributed by atoms with Crippen LogP contribution in [0.2, 0.25) is 0 Å². The van der Waals surface area contributed by atoms with Gasteiger partial charge in [-0.25, -0.2) is 0 Å². The predicted molar refractivity (Wildman–Crippen MR) is 78.3 cm³/mol. The Labute approximate surface area is 120 Å². The van der Waals surface area contributed by atoms with Crippen LogP contribution in [0.1, 0.15) is 24.8 Å². The van der Waals surface area contributed by atoms with E-state index in [0.29, 0.717) is 12.6 Å². The summed E-state index contributed by atoms with van der Waals surface area (Å²) in [5.41, 5.74) is 1.21. The highest BCUT2D eigenvalue weighted by molar-refractivity contribution is 5.15. The van der Waals surface area contributed by atoms with E-state index < -0.39 is 12.2 Å². The van der Waals surface area contributed by atoms with E-state index in [4.69, 9.17) is 0 Å². The second kappa shape index (κ2) is 6.22. The summed E-state index contributed by atoms with van der Waals surface area (Å²) in [6.45, 7) is 2.38. The lowest BCUT2D eigenvalue weighted by Crippen LogP contribution is -2.66. The number of hydrogen-bond donors (Lipinski definition) is 3. The number of nitrogens with zero attached hydrogens (tertiary/aromatic N) is 1. The molecule has 1 aromatic rings. The van der Waals surface area contributed by atoms with Crippen molar-refractivity contribution in [2.24, 2.45) is 0 Å². The van der Waals surface area contributed by atoms with Crippen LogP contribution in [0.25, 0.3) is 0 Å². The van der Waals surface area contributed by atoms with Crippen LogP contribution in [0.5, 0.6) is 0 Å². The van der Waals surface area contributed by atoms with Crippen molar-refractivity contribution in [3.63, 3.8) is 0 Å². The molecule has 0 unspecified atom stereocenters. The third-order valence-electron chi connectivity index (χ3n) is 4.65. The second-order valence-electron chi connectivity index (χ2n) is 6.01. The number of fused-ring (bicyclic) bond motifs is 1. The van der Waals surface area contributed by atoms with Crippen LogP contribution >= 0.6 is 0 Å². The summed E-state index contributed by atoms with van der Waals surface area (Å²) >= 11 is 0. The van der Waals surface area contributed by atoms with Gasteiger partial charge in [0.25, 0.3) is 0 Å². The van der Waals surface area contributed by atoms with Crippen LogP contribution in [-0.4, -0.2) is 52.5 Å². The summed E-state index contributed by atoms with van der Waals surface area (Å²) in [6.07, 6.45) is 2.21. The van der Waals surface area contributed by atoms with Crippen LogP contribution in [-0.2, 0) is 6.54 Å². The zero-order valence-electron chi connectivity index (χ0n) is 11.8. The number of piperidine rings is 2. The molecular formula is C16H24N2O2. The van der Waals surface area contributed by atoms with Gasteiger partial charge in [-0.2, -0.15) is 0 Å². The highest BCUT2D eigenvalue weighted by atomic mass is 16.3. The number of aliphatic hydroxyl groups is 2. The van der Waals surface area contributed by atoms with Gasteiger partial charge in [0, 0.05) is 19.1 Å². The molecule has 1 aromatic carbocycles. The molecule has 2 saturated heterocycles. The van der Waals surface area contributed by atoms with E-state index in [2.05, 4.69) is 22.3 Å². The first-order chi connectivity index (χ1) is 9.75. The van der Waals surface area contributed by atoms with E-state index in [0.717, 1.165) is 19.5 Å². The van der Waals surface area contributed by atoms with Crippen molar-refractivity contribution in [3.8, 4) is 0 Å². The normalized spacial score (nSPS) is 34.7. The van der Waals surface area contributed by atoms with E-state index in [-0.39, 0.29) is 6.04 Å². The van der Waals surface area contributed by atoms with Crippen LogP contribution < -0.4 is 5.32 Å². The summed E-state index contributed by atoms with van der Waals surface area (Å²) in [7, 11) is 0. The van der Waals surface area contributed by atoms with Crippen LogP contribution in [0, 0.1) is 0 Å². The van der Waals surface area contributed by atoms with Crippen LogP contribution in [0.3, 0.4) is 0 Å². The molecule has 0 radical (unpaired) electrons. The van der Waals surface area contributed by atoms with Gasteiger partial charge >= 0.3 is 0 Å². The van der Waals surface area contributed by atoms with Crippen molar-refractivity contribution in [2.45, 2.75) is 50.1 Å². The predicted octanol–water partition coefficient (Wildman–Crippen LogP) is 0.735. The molecule has 0 saturated carbocycles. The van der Waals surface area contributed by atoms with Gasteiger partial charge in [0.05, 0.1) is 18.2 Å². The highest BCUT2D eigenvalue weighted by Crippen LogP contribution is 2.27. The minimum atomic E-state index is -0.668. The van der Waals surface area contributed by atoms with Gasteiger partial charge < -0.3 is 15.5 Å². The molecule has 2 heterocycles. The van der Waals surface area contributed by atoms with Crippen molar-refractivity contribution < 1.29 is 10.2 Å². The molecule has 0 spiro atoms. The third kappa shape index (κ3) is 2.88. The largest absolute Gasteiger partial charge is 0.389 e. The molecule has 4 nitrogen and oxygen atoms in total. The van der Waals surface area contributed by atoms with E-state index in [9.17, 15) is 10.2 Å². The van der Waals surface area contributed by atoms with Crippen molar-refractivity contribution in [3.05, 3.63) is 35.9 Å². The SMILES string of the molecule is O[C@@H]1[C@H](NCc2ccccc2)[C@@H]2CCCCN2C[C@H]1O. The van der Waals surface area contributed by atoms with E-state index in [1.165, 1.54) is 18.4 Å². The van der Waals surface area contributed by atoms with E-state index in [1.54, 1.807) is 0 Å². The first-order valence-electron chi connectivity index (χ1n) is 7.63. The molecule has 2 aliphatic heterocycles. The maximum atomic E-state index is 10.3. The zero-order valence-corrected chi connectivity index (χ0v) is 11.8. The van der Waals surface area contributed by atoms with Gasteiger partial charge in [-0.1, -0.05) is 36.8 Å². The van der Waals surface area contributed by atoms with Crippen molar-refractivity contribution in [1.82, 2.24) is 10.2 Å². The lowest BCUT2D eigenvalue weighted by Gasteiger charge is -2.48. The van der Waals surface area contributed by atoms with Crippen molar-refractivity contribution in [1.29, 1.82) is 0 Å². The lowest BCUT2D eigenvalue weighted by molar-refractivity contribution is -0.0921. The van der Waals surface area contributed by atoms with Gasteiger partial charge in [0.2, 0.25) is 0 Å². The fraction of sp³-hybridized carbons (Fsp3) is 0.625. The molecule has 4 heteroatoms. The van der Waals surface area contributed by atoms with E-state index >= 15 is 0 Å². The minimum absolute atomic E-state index is 0.0424. The second-order valence-corrected chi connectivity index (χ2v) is 6.01. The Morgan fingerprint density at radius 3 is 2.75 bits per heavy atom. The summed E-state index contributed by atoms with van der Waals surface area (Å²) in [6, 6.07) is 10.5. The fourth-order valence-electron chi connectivity index (χ4n) is 3.55. The Hall–Kier alpha value is -0.940. The minimum Gasteiger partial charge on any atom is -0.389 e. The quantitative estimate of drug-likeness (QED) is 0.762. The molecular weight excluding hydrogens is 252 g/mol. The topological polar surface area (TPSA) is 55.7 Å². The smallest absolute Gasteiger partial charge is 0.0979 e. The van der Waals surface area contributed by atoms with Gasteiger partial charge in [0.1, 0.15) is 0 Å². The fourth-order valence-corrected chi connectivity index (χ4v) is 3.55. The number of aliphatic hydroxyl groups excluding tert-OH is 2. The van der Waals surface area contributed by atoms with Crippen LogP contribution in [0.15, 0.2) is 30.3 Å². The Kier molecular flexibility index (Phi) is 4.36. The van der Waals surface area contributed by atoms with Crippen molar-refractivity contribution >= 4 is 0 Å². The molecule has 20 heavy (non-hydrogen) atoms. The Bertz CT molecular complexity index is 426. The molecule has 0 amide bonds. The molecule has 4 atom stereocenters. The Morgan fingerprint density at radius 2 is 1.95 bits per heavy atom. The number of hydrogen-bond acceptors (Lipinski definition) is 4. The Morgan fingerprint density at radius 1 is 1.15 bits per heavy atom. The average Bonchev–Trinajstić information content (AvgIpc) is 2.49. The first-order valence-corrected chi connectivity index (χ1v) is 7.63. The monoisotopic (exact) mass is 276 g/mol. The molecule has 3 rings (SSSR count). The summed E-state index contributed by atoms with van der Waals surface area (Å²) in [4.78, 5) is 2.34. The molecule has 0 aliphatic carbocycles. The van der Waals surface area contributed by atoms with E-state index in [1.807, 2.05) is 18.2 Å². The summed E-state index contributed by atoms with van der Waals surface area (Å²) in [5, 5.41) is 23.8. The Balaban J connectivity index is 1.68. The average molecular weight is 276 g/mol. The maximum Gasteiger partial charge on any atom is 0.0979 e. The number of benzene rings is 1. The maximum absolute atomic E-state index is 10.3. The molecule has 0 aromatic heterocycles. The van der Waals surface area contributed by atoms with Gasteiger partial charge in [-0.15, -0.1) is 0 Å². The lowest BCUT2D eigenvalue weighted by atomic mass is 9.85. The van der Waals surface area contributed by atoms with Crippen molar-refractivity contribution in [2.75, 3.05) is 13.1 Å². The molecule has 2 fully saturated rings. The highest BCUT2D eigenvalue weighted by Gasteiger charge is 2.42.